The predicted molar refractivity (Wildman–Crippen MR) is 73.1 cm³/mol. The van der Waals surface area contributed by atoms with Crippen LogP contribution in [0.5, 0.6) is 0 Å². The van der Waals surface area contributed by atoms with Gasteiger partial charge in [-0.05, 0) is 38.1 Å². The van der Waals surface area contributed by atoms with Crippen molar-refractivity contribution in [3.05, 3.63) is 23.9 Å². The third-order valence-corrected chi connectivity index (χ3v) is 3.10. The molecule has 0 unspecified atom stereocenters. The van der Waals surface area contributed by atoms with Crippen LogP contribution >= 0.6 is 0 Å². The first-order valence-corrected chi connectivity index (χ1v) is 6.58. The number of aromatic nitrogens is 1. The molecular formula is C13H20N4O2. The van der Waals surface area contributed by atoms with E-state index in [2.05, 4.69) is 15.6 Å². The van der Waals surface area contributed by atoms with Crippen LogP contribution in [0.4, 0.5) is 5.82 Å². The molecular weight excluding hydrogens is 244 g/mol. The molecule has 1 aromatic rings. The number of hydrogen-bond acceptors (Lipinski definition) is 5. The van der Waals surface area contributed by atoms with Crippen LogP contribution in [0.3, 0.4) is 0 Å². The highest BCUT2D eigenvalue weighted by Crippen LogP contribution is 2.07. The molecule has 2 heterocycles. The number of rotatable bonds is 6. The van der Waals surface area contributed by atoms with E-state index in [0.29, 0.717) is 24.8 Å². The second kappa shape index (κ2) is 7.06. The summed E-state index contributed by atoms with van der Waals surface area (Å²) in [5.41, 5.74) is 5.56. The summed E-state index contributed by atoms with van der Waals surface area (Å²) in [4.78, 5) is 15.0. The van der Waals surface area contributed by atoms with Crippen LogP contribution in [-0.2, 0) is 4.74 Å². The predicted octanol–water partition coefficient (Wildman–Crippen LogP) is 0.361. The Balaban J connectivity index is 1.66. The van der Waals surface area contributed by atoms with Crippen molar-refractivity contribution in [3.8, 4) is 0 Å². The highest BCUT2D eigenvalue weighted by molar-refractivity contribution is 5.92. The Labute approximate surface area is 112 Å². The molecule has 0 aromatic carbocycles. The maximum atomic E-state index is 10.9. The number of nitrogens with zero attached hydrogens (tertiary/aromatic N) is 1. The normalized spacial score (nSPS) is 16.2. The highest BCUT2D eigenvalue weighted by atomic mass is 16.5. The van der Waals surface area contributed by atoms with Crippen molar-refractivity contribution in [2.75, 3.05) is 31.6 Å². The largest absolute Gasteiger partial charge is 0.376 e. The molecule has 6 nitrogen and oxygen atoms in total. The van der Waals surface area contributed by atoms with Crippen LogP contribution in [0.2, 0.25) is 0 Å². The minimum atomic E-state index is -0.465. The highest BCUT2D eigenvalue weighted by Gasteiger charge is 2.12. The second-order valence-electron chi connectivity index (χ2n) is 4.54. The summed E-state index contributed by atoms with van der Waals surface area (Å²) in [7, 11) is 0. The lowest BCUT2D eigenvalue weighted by molar-refractivity contribution is 0.0394. The third-order valence-electron chi connectivity index (χ3n) is 3.10. The lowest BCUT2D eigenvalue weighted by atomic mass is 10.1. The lowest BCUT2D eigenvalue weighted by Gasteiger charge is -2.23. The van der Waals surface area contributed by atoms with E-state index in [9.17, 15) is 4.79 Å². The zero-order valence-electron chi connectivity index (χ0n) is 10.9. The van der Waals surface area contributed by atoms with Gasteiger partial charge in [-0.15, -0.1) is 0 Å². The van der Waals surface area contributed by atoms with Gasteiger partial charge in [0.05, 0.1) is 18.3 Å². The number of pyridine rings is 1. The van der Waals surface area contributed by atoms with Gasteiger partial charge < -0.3 is 21.1 Å². The van der Waals surface area contributed by atoms with E-state index in [1.54, 1.807) is 12.1 Å². The van der Waals surface area contributed by atoms with E-state index in [1.165, 1.54) is 6.20 Å². The molecule has 1 saturated heterocycles. The molecule has 0 aliphatic carbocycles. The van der Waals surface area contributed by atoms with E-state index in [1.807, 2.05) is 0 Å². The summed E-state index contributed by atoms with van der Waals surface area (Å²) in [5, 5.41) is 6.45. The van der Waals surface area contributed by atoms with Gasteiger partial charge in [0, 0.05) is 12.7 Å². The van der Waals surface area contributed by atoms with E-state index in [0.717, 1.165) is 31.7 Å². The number of primary amides is 1. The van der Waals surface area contributed by atoms with Crippen LogP contribution < -0.4 is 16.4 Å². The lowest BCUT2D eigenvalue weighted by Crippen LogP contribution is -2.33. The minimum absolute atomic E-state index is 0.369. The quantitative estimate of drug-likeness (QED) is 0.646. The first-order valence-electron chi connectivity index (χ1n) is 6.58. The Kier molecular flexibility index (Phi) is 5.11. The van der Waals surface area contributed by atoms with E-state index in [-0.39, 0.29) is 0 Å². The average molecular weight is 264 g/mol. The van der Waals surface area contributed by atoms with Crippen LogP contribution in [0, 0.1) is 0 Å². The molecule has 1 amide bonds. The summed E-state index contributed by atoms with van der Waals surface area (Å²) in [6.07, 6.45) is 3.99. The van der Waals surface area contributed by atoms with Crippen LogP contribution in [-0.4, -0.2) is 43.2 Å². The van der Waals surface area contributed by atoms with Crippen molar-refractivity contribution in [1.82, 2.24) is 10.3 Å². The van der Waals surface area contributed by atoms with Crippen molar-refractivity contribution in [3.63, 3.8) is 0 Å². The number of nitrogens with one attached hydrogen (secondary N) is 2. The summed E-state index contributed by atoms with van der Waals surface area (Å²) in [6, 6.07) is 3.40. The van der Waals surface area contributed by atoms with E-state index >= 15 is 0 Å². The zero-order chi connectivity index (χ0) is 13.5. The fourth-order valence-corrected chi connectivity index (χ4v) is 2.01. The second-order valence-corrected chi connectivity index (χ2v) is 4.54. The molecule has 0 radical (unpaired) electrons. The Hall–Kier alpha value is -1.66. The Morgan fingerprint density at radius 2 is 2.26 bits per heavy atom. The number of nitrogens with two attached hydrogens (primary N) is 1. The fourth-order valence-electron chi connectivity index (χ4n) is 2.01. The molecule has 2 rings (SSSR count). The van der Waals surface area contributed by atoms with E-state index in [4.69, 9.17) is 10.5 Å². The zero-order valence-corrected chi connectivity index (χ0v) is 10.9. The standard InChI is InChI=1S/C13H20N4O2/c14-13(18)10-1-2-12(17-9-10)16-7-8-19-11-3-5-15-6-4-11/h1-2,9,11,15H,3-8H2,(H2,14,18)(H,16,17). The molecule has 104 valence electrons. The van der Waals surface area contributed by atoms with Gasteiger partial charge in [-0.2, -0.15) is 0 Å². The monoisotopic (exact) mass is 264 g/mol. The third kappa shape index (κ3) is 4.50. The van der Waals surface area contributed by atoms with Crippen molar-refractivity contribution in [2.45, 2.75) is 18.9 Å². The van der Waals surface area contributed by atoms with Crippen molar-refractivity contribution >= 4 is 11.7 Å². The average Bonchev–Trinajstić information content (AvgIpc) is 2.45. The molecule has 4 N–H and O–H groups in total. The van der Waals surface area contributed by atoms with Crippen molar-refractivity contribution in [2.24, 2.45) is 5.73 Å². The summed E-state index contributed by atoms with van der Waals surface area (Å²) in [5.74, 6) is 0.257. The van der Waals surface area contributed by atoms with Crippen molar-refractivity contribution in [1.29, 1.82) is 0 Å². The Morgan fingerprint density at radius 3 is 2.89 bits per heavy atom. The summed E-state index contributed by atoms with van der Waals surface area (Å²) in [6.45, 7) is 3.43. The molecule has 0 bridgehead atoms. The Morgan fingerprint density at radius 1 is 1.47 bits per heavy atom. The molecule has 0 spiro atoms. The summed E-state index contributed by atoms with van der Waals surface area (Å²) >= 11 is 0. The topological polar surface area (TPSA) is 89.3 Å². The van der Waals surface area contributed by atoms with Gasteiger partial charge in [-0.1, -0.05) is 0 Å². The number of amides is 1. The van der Waals surface area contributed by atoms with Gasteiger partial charge in [-0.3, -0.25) is 4.79 Å². The van der Waals surface area contributed by atoms with Gasteiger partial charge in [0.15, 0.2) is 0 Å². The van der Waals surface area contributed by atoms with Gasteiger partial charge in [-0.25, -0.2) is 4.98 Å². The van der Waals surface area contributed by atoms with E-state index < -0.39 is 5.91 Å². The van der Waals surface area contributed by atoms with Crippen molar-refractivity contribution < 1.29 is 9.53 Å². The molecule has 6 heteroatoms. The molecule has 0 saturated carbocycles. The molecule has 19 heavy (non-hydrogen) atoms. The molecule has 1 aliphatic rings. The number of carbonyl (C=O) groups is 1. The first kappa shape index (κ1) is 13.8. The van der Waals surface area contributed by atoms with Gasteiger partial charge in [0.25, 0.3) is 0 Å². The molecule has 1 fully saturated rings. The number of hydrogen-bond donors (Lipinski definition) is 3. The number of piperidine rings is 1. The minimum Gasteiger partial charge on any atom is -0.376 e. The molecule has 1 aliphatic heterocycles. The maximum Gasteiger partial charge on any atom is 0.250 e. The maximum absolute atomic E-state index is 10.9. The Bertz CT molecular complexity index is 402. The SMILES string of the molecule is NC(=O)c1ccc(NCCOC2CCNCC2)nc1. The molecule has 1 aromatic heterocycles. The van der Waals surface area contributed by atoms with Gasteiger partial charge in [0.2, 0.25) is 5.91 Å². The fraction of sp³-hybridized carbons (Fsp3) is 0.538. The van der Waals surface area contributed by atoms with Gasteiger partial charge >= 0.3 is 0 Å². The van der Waals surface area contributed by atoms with Gasteiger partial charge in [0.1, 0.15) is 5.82 Å². The number of carbonyl (C=O) groups excluding carboxylic acids is 1. The first-order chi connectivity index (χ1) is 9.25. The summed E-state index contributed by atoms with van der Waals surface area (Å²) < 4.78 is 5.76. The molecule has 0 atom stereocenters. The number of anilines is 1. The number of ether oxygens (including phenoxy) is 1. The van der Waals surface area contributed by atoms with Crippen LogP contribution in [0.25, 0.3) is 0 Å². The van der Waals surface area contributed by atoms with Crippen LogP contribution in [0.1, 0.15) is 23.2 Å². The smallest absolute Gasteiger partial charge is 0.250 e. The van der Waals surface area contributed by atoms with Crippen LogP contribution in [0.15, 0.2) is 18.3 Å².